The van der Waals surface area contributed by atoms with Gasteiger partial charge in [0.05, 0.1) is 34.5 Å². The molecule has 0 spiro atoms. The van der Waals surface area contributed by atoms with Gasteiger partial charge in [0.2, 0.25) is 0 Å². The van der Waals surface area contributed by atoms with E-state index in [1.807, 2.05) is 18.2 Å². The van der Waals surface area contributed by atoms with Crippen molar-refractivity contribution in [2.45, 2.75) is 13.0 Å². The Bertz CT molecular complexity index is 1050. The first-order chi connectivity index (χ1) is 13.1. The summed E-state index contributed by atoms with van der Waals surface area (Å²) < 4.78 is 21.9. The maximum atomic E-state index is 5.52. The molecule has 0 saturated carbocycles. The third-order valence-electron chi connectivity index (χ3n) is 5.29. The molecular formula is C22H23NO4. The molecule has 2 aliphatic heterocycles. The second kappa shape index (κ2) is 6.58. The van der Waals surface area contributed by atoms with E-state index in [4.69, 9.17) is 18.9 Å². The second-order valence-electron chi connectivity index (χ2n) is 6.55. The molecule has 2 aromatic rings. The fraction of sp³-hybridized carbons (Fsp3) is 0.273. The minimum atomic E-state index is 0.0791. The molecule has 0 amide bonds. The first-order valence-corrected chi connectivity index (χ1v) is 8.78. The Balaban J connectivity index is 1.95. The highest BCUT2D eigenvalue weighted by Crippen LogP contribution is 2.41. The van der Waals surface area contributed by atoms with E-state index in [9.17, 15) is 0 Å². The summed E-state index contributed by atoms with van der Waals surface area (Å²) in [7, 11) is 6.64. The number of fused-ring (bicyclic) bond motifs is 4. The zero-order valence-electron chi connectivity index (χ0n) is 16.2. The van der Waals surface area contributed by atoms with E-state index in [0.29, 0.717) is 0 Å². The van der Waals surface area contributed by atoms with Crippen LogP contribution in [-0.2, 0) is 0 Å². The molecule has 4 rings (SSSR count). The maximum absolute atomic E-state index is 5.52. The summed E-state index contributed by atoms with van der Waals surface area (Å²) in [6, 6.07) is 8.23. The van der Waals surface area contributed by atoms with E-state index >= 15 is 0 Å². The average Bonchev–Trinajstić information content (AvgIpc) is 2.71. The smallest absolute Gasteiger partial charge is 0.161 e. The quantitative estimate of drug-likeness (QED) is 0.833. The number of rotatable bonds is 4. The predicted molar refractivity (Wildman–Crippen MR) is 106 cm³/mol. The largest absolute Gasteiger partial charge is 0.493 e. The van der Waals surface area contributed by atoms with E-state index in [2.05, 4.69) is 36.2 Å². The van der Waals surface area contributed by atoms with Crippen LogP contribution in [0.5, 0.6) is 23.0 Å². The van der Waals surface area contributed by atoms with E-state index < -0.39 is 0 Å². The highest BCUT2D eigenvalue weighted by molar-refractivity contribution is 5.70. The molecule has 0 N–H and O–H groups in total. The van der Waals surface area contributed by atoms with Gasteiger partial charge in [-0.15, -0.1) is 0 Å². The third kappa shape index (κ3) is 2.62. The Morgan fingerprint density at radius 2 is 1.37 bits per heavy atom. The van der Waals surface area contributed by atoms with Gasteiger partial charge in [-0.05, 0) is 59.7 Å². The van der Waals surface area contributed by atoms with Crippen LogP contribution in [0.4, 0.5) is 0 Å². The van der Waals surface area contributed by atoms with Gasteiger partial charge in [0.1, 0.15) is 0 Å². The van der Waals surface area contributed by atoms with Gasteiger partial charge < -0.3 is 23.8 Å². The lowest BCUT2D eigenvalue weighted by Crippen LogP contribution is -2.39. The molecular weight excluding hydrogens is 342 g/mol. The molecule has 5 heteroatoms. The van der Waals surface area contributed by atoms with E-state index in [1.165, 1.54) is 5.56 Å². The fourth-order valence-corrected chi connectivity index (χ4v) is 3.86. The standard InChI is InChI=1S/C22H23NO4/c1-13-16-11-21(26-4)20(25-3)10-15(16)8-18-17-12-22(27-5)19(24-2)9-14(17)6-7-23(13)18/h6-12,18H,1-5H3. The molecule has 2 aliphatic rings. The van der Waals surface area contributed by atoms with Crippen LogP contribution in [0.2, 0.25) is 0 Å². The van der Waals surface area contributed by atoms with Gasteiger partial charge in [-0.2, -0.15) is 0 Å². The normalized spacial score (nSPS) is 16.7. The predicted octanol–water partition coefficient (Wildman–Crippen LogP) is 2.67. The van der Waals surface area contributed by atoms with Crippen molar-refractivity contribution in [1.82, 2.24) is 4.90 Å². The Kier molecular flexibility index (Phi) is 4.22. The molecule has 2 aromatic carbocycles. The molecule has 0 saturated heterocycles. The Morgan fingerprint density at radius 3 is 2.04 bits per heavy atom. The van der Waals surface area contributed by atoms with Gasteiger partial charge in [0.15, 0.2) is 23.0 Å². The van der Waals surface area contributed by atoms with Gasteiger partial charge in [0.25, 0.3) is 0 Å². The molecule has 0 fully saturated rings. The minimum absolute atomic E-state index is 0.0791. The van der Waals surface area contributed by atoms with Crippen molar-refractivity contribution >= 4 is 17.8 Å². The van der Waals surface area contributed by atoms with Crippen LogP contribution >= 0.6 is 0 Å². The van der Waals surface area contributed by atoms with Crippen LogP contribution in [0.15, 0.2) is 30.5 Å². The average molecular weight is 365 g/mol. The number of nitrogens with zero attached hydrogens (tertiary/aromatic N) is 1. The molecule has 5 nitrogen and oxygen atoms in total. The van der Waals surface area contributed by atoms with Gasteiger partial charge in [-0.25, -0.2) is 0 Å². The maximum Gasteiger partial charge on any atom is 0.161 e. The Labute approximate surface area is 158 Å². The van der Waals surface area contributed by atoms with Crippen molar-refractivity contribution < 1.29 is 18.9 Å². The summed E-state index contributed by atoms with van der Waals surface area (Å²) in [5.41, 5.74) is 3.46. The lowest BCUT2D eigenvalue weighted by atomic mass is 9.91. The molecule has 0 radical (unpaired) electrons. The minimum Gasteiger partial charge on any atom is -0.493 e. The molecule has 140 valence electrons. The summed E-state index contributed by atoms with van der Waals surface area (Å²) in [4.78, 5) is 2.27. The molecule has 0 aromatic heterocycles. The lowest BCUT2D eigenvalue weighted by molar-refractivity contribution is 0.352. The number of ether oxygens (including phenoxy) is 4. The van der Waals surface area contributed by atoms with Gasteiger partial charge in [0, 0.05) is 17.1 Å². The summed E-state index contributed by atoms with van der Waals surface area (Å²) >= 11 is 0. The summed E-state index contributed by atoms with van der Waals surface area (Å²) in [5.74, 6) is 2.93. The van der Waals surface area contributed by atoms with Crippen LogP contribution < -0.4 is 29.4 Å². The van der Waals surface area contributed by atoms with Crippen LogP contribution in [-0.4, -0.2) is 33.3 Å². The van der Waals surface area contributed by atoms with Crippen molar-refractivity contribution in [2.75, 3.05) is 28.4 Å². The highest BCUT2D eigenvalue weighted by atomic mass is 16.5. The first kappa shape index (κ1) is 17.3. The van der Waals surface area contributed by atoms with Crippen LogP contribution in [0, 0.1) is 0 Å². The monoisotopic (exact) mass is 365 g/mol. The van der Waals surface area contributed by atoms with Crippen molar-refractivity contribution in [3.8, 4) is 23.0 Å². The molecule has 1 atom stereocenters. The van der Waals surface area contributed by atoms with Crippen LogP contribution in [0.25, 0.3) is 17.8 Å². The number of benzene rings is 2. The molecule has 0 aliphatic carbocycles. The first-order valence-electron chi connectivity index (χ1n) is 8.78. The molecule has 0 bridgehead atoms. The van der Waals surface area contributed by atoms with Gasteiger partial charge >= 0.3 is 0 Å². The van der Waals surface area contributed by atoms with E-state index in [1.54, 1.807) is 28.4 Å². The zero-order valence-corrected chi connectivity index (χ0v) is 16.2. The summed E-state index contributed by atoms with van der Waals surface area (Å²) in [5, 5.41) is 2.26. The fourth-order valence-electron chi connectivity index (χ4n) is 3.86. The highest BCUT2D eigenvalue weighted by Gasteiger charge is 2.27. The summed E-state index contributed by atoms with van der Waals surface area (Å²) in [6.07, 6.45) is 6.47. The molecule has 2 heterocycles. The van der Waals surface area contributed by atoms with Gasteiger partial charge in [-0.3, -0.25) is 0 Å². The Hall–Kier alpha value is -3.08. The SMILES string of the molecule is COc1cc2c(cc1OC)C1C=c3cc(OC)c(OC)cc3=C(C)N1C=C2. The molecule has 27 heavy (non-hydrogen) atoms. The van der Waals surface area contributed by atoms with Gasteiger partial charge in [-0.1, -0.05) is 0 Å². The second-order valence-corrected chi connectivity index (χ2v) is 6.55. The Morgan fingerprint density at radius 1 is 0.778 bits per heavy atom. The van der Waals surface area contributed by atoms with Crippen molar-refractivity contribution in [2.24, 2.45) is 0 Å². The zero-order chi connectivity index (χ0) is 19.1. The van der Waals surface area contributed by atoms with E-state index in [-0.39, 0.29) is 6.04 Å². The van der Waals surface area contributed by atoms with Crippen molar-refractivity contribution in [3.63, 3.8) is 0 Å². The van der Waals surface area contributed by atoms with Crippen LogP contribution in [0.3, 0.4) is 0 Å². The molecule has 1 unspecified atom stereocenters. The number of methoxy groups -OCH3 is 4. The van der Waals surface area contributed by atoms with Crippen molar-refractivity contribution in [1.29, 1.82) is 0 Å². The van der Waals surface area contributed by atoms with E-state index in [0.717, 1.165) is 44.7 Å². The third-order valence-corrected chi connectivity index (χ3v) is 5.29. The van der Waals surface area contributed by atoms with Crippen molar-refractivity contribution in [3.05, 3.63) is 52.0 Å². The van der Waals surface area contributed by atoms with Crippen LogP contribution in [0.1, 0.15) is 24.1 Å². The lowest BCUT2D eigenvalue weighted by Gasteiger charge is -2.36. The number of hydrogen-bond donors (Lipinski definition) is 0. The summed E-state index contributed by atoms with van der Waals surface area (Å²) in [6.45, 7) is 2.13. The number of hydrogen-bond acceptors (Lipinski definition) is 5. The topological polar surface area (TPSA) is 40.2 Å².